The van der Waals surface area contributed by atoms with Gasteiger partial charge in [-0.05, 0) is 37.1 Å². The van der Waals surface area contributed by atoms with Crippen LogP contribution in [0.15, 0.2) is 24.3 Å². The fourth-order valence-electron chi connectivity index (χ4n) is 3.71. The van der Waals surface area contributed by atoms with Crippen molar-refractivity contribution < 1.29 is 27.5 Å². The van der Waals surface area contributed by atoms with Gasteiger partial charge in [-0.15, -0.1) is 0 Å². The lowest BCUT2D eigenvalue weighted by Crippen LogP contribution is -2.48. The van der Waals surface area contributed by atoms with Crippen molar-refractivity contribution in [3.05, 3.63) is 29.8 Å². The predicted molar refractivity (Wildman–Crippen MR) is 117 cm³/mol. The maximum absolute atomic E-state index is 12.7. The Morgan fingerprint density at radius 3 is 2.12 bits per heavy atom. The molecular formula is C23H34F3N3O3. The molecule has 1 aliphatic rings. The highest BCUT2D eigenvalue weighted by Gasteiger charge is 2.30. The molecule has 0 atom stereocenters. The molecule has 1 N–H and O–H groups in total. The standard InChI is InChI=1S/C23H34F3N3O3/c1-32-18-13-27-21(30)7-5-3-2-4-6-8-22(31)29-16-14-28(15-17-29)20-11-9-19(10-12-20)23(24,25)26/h9-12H,2-8,13-18H2,1H3,(H,27,30). The highest BCUT2D eigenvalue weighted by molar-refractivity contribution is 5.76. The summed E-state index contributed by atoms with van der Waals surface area (Å²) in [7, 11) is 1.60. The van der Waals surface area contributed by atoms with E-state index in [0.29, 0.717) is 52.2 Å². The van der Waals surface area contributed by atoms with Crippen LogP contribution in [-0.2, 0) is 20.5 Å². The fraction of sp³-hybridized carbons (Fsp3) is 0.652. The second-order valence-corrected chi connectivity index (χ2v) is 8.02. The van der Waals surface area contributed by atoms with Crippen molar-refractivity contribution in [1.82, 2.24) is 10.2 Å². The lowest BCUT2D eigenvalue weighted by Gasteiger charge is -2.36. The van der Waals surface area contributed by atoms with Crippen molar-refractivity contribution >= 4 is 17.5 Å². The number of nitrogens with zero attached hydrogens (tertiary/aromatic N) is 2. The fourth-order valence-corrected chi connectivity index (χ4v) is 3.71. The summed E-state index contributed by atoms with van der Waals surface area (Å²) in [5, 5.41) is 2.80. The zero-order valence-corrected chi connectivity index (χ0v) is 18.8. The van der Waals surface area contributed by atoms with Crippen LogP contribution in [0.2, 0.25) is 0 Å². The van der Waals surface area contributed by atoms with Crippen molar-refractivity contribution in [2.45, 2.75) is 51.1 Å². The Bertz CT molecular complexity index is 703. The van der Waals surface area contributed by atoms with Gasteiger partial charge in [0.25, 0.3) is 0 Å². The highest BCUT2D eigenvalue weighted by Crippen LogP contribution is 2.30. The molecule has 1 fully saturated rings. The molecule has 0 saturated carbocycles. The monoisotopic (exact) mass is 457 g/mol. The number of hydrogen-bond acceptors (Lipinski definition) is 4. The van der Waals surface area contributed by atoms with Gasteiger partial charge in [0.1, 0.15) is 0 Å². The predicted octanol–water partition coefficient (Wildman–Crippen LogP) is 3.85. The number of methoxy groups -OCH3 is 1. The average Bonchev–Trinajstić information content (AvgIpc) is 2.78. The molecular weight excluding hydrogens is 423 g/mol. The second kappa shape index (κ2) is 13.3. The minimum absolute atomic E-state index is 0.0488. The number of piperazine rings is 1. The lowest BCUT2D eigenvalue weighted by atomic mass is 10.1. The molecule has 0 radical (unpaired) electrons. The molecule has 9 heteroatoms. The largest absolute Gasteiger partial charge is 0.416 e. The smallest absolute Gasteiger partial charge is 0.383 e. The maximum atomic E-state index is 12.7. The molecule has 1 heterocycles. The summed E-state index contributed by atoms with van der Waals surface area (Å²) in [6.45, 7) is 3.45. The summed E-state index contributed by atoms with van der Waals surface area (Å²) in [4.78, 5) is 27.8. The van der Waals surface area contributed by atoms with Gasteiger partial charge in [-0.1, -0.05) is 19.3 Å². The van der Waals surface area contributed by atoms with Gasteiger partial charge in [0.2, 0.25) is 11.8 Å². The van der Waals surface area contributed by atoms with E-state index in [1.807, 2.05) is 9.80 Å². The van der Waals surface area contributed by atoms with Gasteiger partial charge in [-0.25, -0.2) is 0 Å². The van der Waals surface area contributed by atoms with E-state index < -0.39 is 11.7 Å². The first-order chi connectivity index (χ1) is 15.3. The number of carbonyl (C=O) groups excluding carboxylic acids is 2. The number of halogens is 3. The Morgan fingerprint density at radius 2 is 1.53 bits per heavy atom. The van der Waals surface area contributed by atoms with Crippen molar-refractivity contribution in [1.29, 1.82) is 0 Å². The van der Waals surface area contributed by atoms with Crippen LogP contribution in [0.25, 0.3) is 0 Å². The molecule has 180 valence electrons. The summed E-state index contributed by atoms with van der Waals surface area (Å²) in [6, 6.07) is 5.18. The molecule has 32 heavy (non-hydrogen) atoms. The van der Waals surface area contributed by atoms with Gasteiger partial charge in [0.15, 0.2) is 0 Å². The number of amides is 2. The maximum Gasteiger partial charge on any atom is 0.416 e. The van der Waals surface area contributed by atoms with E-state index in [1.54, 1.807) is 7.11 Å². The highest BCUT2D eigenvalue weighted by atomic mass is 19.4. The number of anilines is 1. The van der Waals surface area contributed by atoms with Gasteiger partial charge in [0, 0.05) is 58.4 Å². The van der Waals surface area contributed by atoms with Crippen molar-refractivity contribution in [3.63, 3.8) is 0 Å². The Kier molecular flexibility index (Phi) is 10.8. The number of hydrogen-bond donors (Lipinski definition) is 1. The third-order valence-corrected chi connectivity index (χ3v) is 5.61. The molecule has 1 saturated heterocycles. The van der Waals surface area contributed by atoms with Crippen molar-refractivity contribution in [3.8, 4) is 0 Å². The number of benzene rings is 1. The number of carbonyl (C=O) groups is 2. The van der Waals surface area contributed by atoms with Crippen LogP contribution in [0.5, 0.6) is 0 Å². The van der Waals surface area contributed by atoms with Crippen LogP contribution in [0.4, 0.5) is 18.9 Å². The summed E-state index contributed by atoms with van der Waals surface area (Å²) < 4.78 is 43.0. The number of rotatable bonds is 12. The van der Waals surface area contributed by atoms with Crippen molar-refractivity contribution in [2.75, 3.05) is 51.3 Å². The van der Waals surface area contributed by atoms with Crippen LogP contribution in [0, 0.1) is 0 Å². The molecule has 2 rings (SSSR count). The van der Waals surface area contributed by atoms with E-state index in [9.17, 15) is 22.8 Å². The van der Waals surface area contributed by atoms with Crippen LogP contribution >= 0.6 is 0 Å². The van der Waals surface area contributed by atoms with E-state index in [1.165, 1.54) is 12.1 Å². The zero-order chi connectivity index (χ0) is 23.4. The Morgan fingerprint density at radius 1 is 0.938 bits per heavy atom. The molecule has 1 aromatic carbocycles. The lowest BCUT2D eigenvalue weighted by molar-refractivity contribution is -0.137. The third-order valence-electron chi connectivity index (χ3n) is 5.61. The zero-order valence-electron chi connectivity index (χ0n) is 18.8. The average molecular weight is 458 g/mol. The molecule has 0 aromatic heterocycles. The minimum atomic E-state index is -4.33. The summed E-state index contributed by atoms with van der Waals surface area (Å²) in [6.07, 6.45) is 1.31. The van der Waals surface area contributed by atoms with Gasteiger partial charge >= 0.3 is 6.18 Å². The summed E-state index contributed by atoms with van der Waals surface area (Å²) in [5.74, 6) is 0.183. The molecule has 6 nitrogen and oxygen atoms in total. The van der Waals surface area contributed by atoms with Crippen LogP contribution in [0.1, 0.15) is 50.5 Å². The SMILES string of the molecule is COCCNC(=O)CCCCCCCC(=O)N1CCN(c2ccc(C(F)(F)F)cc2)CC1. The molecule has 2 amide bonds. The molecule has 0 unspecified atom stereocenters. The van der Waals surface area contributed by atoms with Crippen molar-refractivity contribution in [2.24, 2.45) is 0 Å². The van der Waals surface area contributed by atoms with E-state index in [0.717, 1.165) is 49.9 Å². The normalized spacial score (nSPS) is 14.5. The van der Waals surface area contributed by atoms with E-state index in [-0.39, 0.29) is 11.8 Å². The number of alkyl halides is 3. The molecule has 1 aromatic rings. The van der Waals surface area contributed by atoms with Crippen LogP contribution in [0.3, 0.4) is 0 Å². The quantitative estimate of drug-likeness (QED) is 0.485. The molecule has 0 aliphatic carbocycles. The first kappa shape index (κ1) is 26.0. The molecule has 1 aliphatic heterocycles. The van der Waals surface area contributed by atoms with Gasteiger partial charge in [-0.2, -0.15) is 13.2 Å². The molecule has 0 spiro atoms. The first-order valence-corrected chi connectivity index (χ1v) is 11.3. The van der Waals surface area contributed by atoms with E-state index >= 15 is 0 Å². The minimum Gasteiger partial charge on any atom is -0.383 e. The number of unbranched alkanes of at least 4 members (excludes halogenated alkanes) is 4. The Hall–Kier alpha value is -2.29. The van der Waals surface area contributed by atoms with E-state index in [2.05, 4.69) is 5.32 Å². The summed E-state index contributed by atoms with van der Waals surface area (Å²) >= 11 is 0. The van der Waals surface area contributed by atoms with Crippen LogP contribution in [-0.4, -0.2) is 63.2 Å². The number of ether oxygens (including phenoxy) is 1. The number of nitrogens with one attached hydrogen (secondary N) is 1. The Balaban J connectivity index is 1.56. The van der Waals surface area contributed by atoms with Gasteiger partial charge in [-0.3, -0.25) is 9.59 Å². The third kappa shape index (κ3) is 9.06. The van der Waals surface area contributed by atoms with Gasteiger partial charge in [0.05, 0.1) is 12.2 Å². The topological polar surface area (TPSA) is 61.9 Å². The van der Waals surface area contributed by atoms with Crippen LogP contribution < -0.4 is 10.2 Å². The first-order valence-electron chi connectivity index (χ1n) is 11.3. The second-order valence-electron chi connectivity index (χ2n) is 8.02. The summed E-state index contributed by atoms with van der Waals surface area (Å²) in [5.41, 5.74) is 0.0953. The Labute approximate surface area is 188 Å². The van der Waals surface area contributed by atoms with Gasteiger partial charge < -0.3 is 19.9 Å². The van der Waals surface area contributed by atoms with E-state index in [4.69, 9.17) is 4.74 Å². The molecule has 0 bridgehead atoms.